The van der Waals surface area contributed by atoms with E-state index in [1.54, 1.807) is 24.5 Å². The summed E-state index contributed by atoms with van der Waals surface area (Å²) in [4.78, 5) is 8.85. The van der Waals surface area contributed by atoms with Gasteiger partial charge >= 0.3 is 0 Å². The van der Waals surface area contributed by atoms with E-state index in [2.05, 4.69) is 31.6 Å². The van der Waals surface area contributed by atoms with Gasteiger partial charge in [-0.05, 0) is 42.5 Å². The Morgan fingerprint density at radius 1 is 1.00 bits per heavy atom. The van der Waals surface area contributed by atoms with Crippen molar-refractivity contribution in [3.8, 4) is 28.6 Å². The Balaban J connectivity index is 1.64. The van der Waals surface area contributed by atoms with Crippen molar-refractivity contribution in [2.75, 3.05) is 5.32 Å². The van der Waals surface area contributed by atoms with E-state index in [-0.39, 0.29) is 0 Å². The quantitative estimate of drug-likeness (QED) is 0.536. The smallest absolute Gasteiger partial charge is 0.227 e. The molecule has 2 N–H and O–H groups in total. The number of hydrogen-bond acceptors (Lipinski definition) is 5. The van der Waals surface area contributed by atoms with Crippen LogP contribution >= 0.6 is 11.6 Å². The van der Waals surface area contributed by atoms with Gasteiger partial charge in [0.1, 0.15) is 5.69 Å². The van der Waals surface area contributed by atoms with E-state index in [1.165, 1.54) is 0 Å². The molecule has 0 radical (unpaired) electrons. The largest absolute Gasteiger partial charge is 0.324 e. The number of aromatic amines is 1. The third-order valence-corrected chi connectivity index (χ3v) is 4.21. The number of benzene rings is 2. The summed E-state index contributed by atoms with van der Waals surface area (Å²) >= 11 is 5.97. The zero-order valence-corrected chi connectivity index (χ0v) is 14.8. The maximum Gasteiger partial charge on any atom is 0.227 e. The lowest BCUT2D eigenvalue weighted by Crippen LogP contribution is -1.98. The molecule has 0 spiro atoms. The highest BCUT2D eigenvalue weighted by Gasteiger charge is 2.12. The highest BCUT2D eigenvalue weighted by Crippen LogP contribution is 2.30. The lowest BCUT2D eigenvalue weighted by molar-refractivity contribution is 1.10. The van der Waals surface area contributed by atoms with Crippen molar-refractivity contribution >= 4 is 23.2 Å². The fraction of sp³-hybridized carbons (Fsp3) is 0. The molecule has 4 rings (SSSR count). The number of aromatic nitrogens is 4. The highest BCUT2D eigenvalue weighted by atomic mass is 35.5. The van der Waals surface area contributed by atoms with Crippen molar-refractivity contribution in [3.05, 3.63) is 77.6 Å². The maximum atomic E-state index is 8.88. The number of rotatable bonds is 4. The molecule has 0 bridgehead atoms. The summed E-state index contributed by atoms with van der Waals surface area (Å²) in [7, 11) is 0. The van der Waals surface area contributed by atoms with E-state index < -0.39 is 0 Å². The minimum Gasteiger partial charge on any atom is -0.324 e. The first-order valence-corrected chi connectivity index (χ1v) is 8.51. The fourth-order valence-corrected chi connectivity index (χ4v) is 2.77. The Kier molecular flexibility index (Phi) is 4.52. The molecule has 2 heterocycles. The monoisotopic (exact) mass is 372 g/mol. The Labute approximate surface area is 160 Å². The number of nitrogens with zero attached hydrogens (tertiary/aromatic N) is 4. The first kappa shape index (κ1) is 16.8. The van der Waals surface area contributed by atoms with Gasteiger partial charge in [-0.2, -0.15) is 10.4 Å². The summed E-state index contributed by atoms with van der Waals surface area (Å²) in [5, 5.41) is 19.9. The van der Waals surface area contributed by atoms with Gasteiger partial charge in [0, 0.05) is 34.2 Å². The van der Waals surface area contributed by atoms with Crippen molar-refractivity contribution in [3.63, 3.8) is 0 Å². The zero-order valence-electron chi connectivity index (χ0n) is 14.0. The van der Waals surface area contributed by atoms with Gasteiger partial charge in [-0.15, -0.1) is 0 Å². The molecule has 0 atom stereocenters. The van der Waals surface area contributed by atoms with Crippen LogP contribution in [0.1, 0.15) is 5.56 Å². The molecule has 130 valence electrons. The molecular formula is C20H13ClN6. The van der Waals surface area contributed by atoms with Crippen LogP contribution < -0.4 is 5.32 Å². The van der Waals surface area contributed by atoms with Crippen LogP contribution in [-0.2, 0) is 0 Å². The Morgan fingerprint density at radius 2 is 1.78 bits per heavy atom. The minimum atomic E-state index is 0.459. The van der Waals surface area contributed by atoms with E-state index in [9.17, 15) is 0 Å². The van der Waals surface area contributed by atoms with Crippen molar-refractivity contribution in [1.29, 1.82) is 5.26 Å². The van der Waals surface area contributed by atoms with Gasteiger partial charge in [-0.3, -0.25) is 5.10 Å². The Morgan fingerprint density at radius 3 is 2.52 bits per heavy atom. The van der Waals surface area contributed by atoms with Crippen LogP contribution in [-0.4, -0.2) is 20.2 Å². The van der Waals surface area contributed by atoms with Crippen molar-refractivity contribution in [2.45, 2.75) is 0 Å². The number of anilines is 2. The predicted octanol–water partition coefficient (Wildman–Crippen LogP) is 4.80. The van der Waals surface area contributed by atoms with E-state index in [1.807, 2.05) is 42.5 Å². The molecule has 2 aromatic heterocycles. The third kappa shape index (κ3) is 3.64. The molecule has 4 aromatic rings. The predicted molar refractivity (Wildman–Crippen MR) is 104 cm³/mol. The van der Waals surface area contributed by atoms with Gasteiger partial charge in [-0.25, -0.2) is 9.97 Å². The number of hydrogen-bond donors (Lipinski definition) is 2. The van der Waals surface area contributed by atoms with Crippen LogP contribution in [0.25, 0.3) is 22.5 Å². The molecule has 2 aromatic carbocycles. The topological polar surface area (TPSA) is 90.3 Å². The summed E-state index contributed by atoms with van der Waals surface area (Å²) in [5.41, 5.74) is 4.73. The van der Waals surface area contributed by atoms with Crippen LogP contribution in [0.15, 0.2) is 67.0 Å². The molecule has 0 aliphatic heterocycles. The lowest BCUT2D eigenvalue weighted by Gasteiger charge is -2.07. The van der Waals surface area contributed by atoms with E-state index in [4.69, 9.17) is 16.9 Å². The van der Waals surface area contributed by atoms with Gasteiger partial charge in [-0.1, -0.05) is 23.7 Å². The van der Waals surface area contributed by atoms with Gasteiger partial charge in [0.15, 0.2) is 0 Å². The molecule has 7 heteroatoms. The molecule has 0 saturated heterocycles. The fourth-order valence-electron chi connectivity index (χ4n) is 2.64. The average Bonchev–Trinajstić information content (AvgIpc) is 3.19. The molecule has 6 nitrogen and oxygen atoms in total. The third-order valence-electron chi connectivity index (χ3n) is 3.96. The summed E-state index contributed by atoms with van der Waals surface area (Å²) in [5.74, 6) is 0.459. The average molecular weight is 373 g/mol. The number of halogens is 1. The minimum absolute atomic E-state index is 0.459. The molecule has 0 unspecified atom stereocenters. The number of nitriles is 1. The molecule has 0 saturated carbocycles. The van der Waals surface area contributed by atoms with E-state index in [0.29, 0.717) is 16.5 Å². The summed E-state index contributed by atoms with van der Waals surface area (Å²) in [6.07, 6.45) is 3.49. The van der Waals surface area contributed by atoms with Gasteiger partial charge in [0.05, 0.1) is 17.3 Å². The van der Waals surface area contributed by atoms with E-state index in [0.717, 1.165) is 28.2 Å². The van der Waals surface area contributed by atoms with Crippen molar-refractivity contribution in [1.82, 2.24) is 20.2 Å². The number of H-pyrrole nitrogens is 1. The van der Waals surface area contributed by atoms with Crippen LogP contribution in [0.3, 0.4) is 0 Å². The summed E-state index contributed by atoms with van der Waals surface area (Å²) < 4.78 is 0. The molecular weight excluding hydrogens is 360 g/mol. The Hall–Kier alpha value is -3.69. The molecule has 27 heavy (non-hydrogen) atoms. The first-order chi connectivity index (χ1) is 13.2. The van der Waals surface area contributed by atoms with Gasteiger partial charge in [0.25, 0.3) is 0 Å². The zero-order chi connectivity index (χ0) is 18.6. The SMILES string of the molecule is N#Cc1ccc(Nc2nccc(-c3c[nH]nc3-c3ccc(Cl)cc3)n2)cc1. The maximum absolute atomic E-state index is 8.88. The van der Waals surface area contributed by atoms with Gasteiger partial charge in [0.2, 0.25) is 5.95 Å². The molecule has 0 aliphatic rings. The first-order valence-electron chi connectivity index (χ1n) is 8.13. The standard InChI is InChI=1S/C20H13ClN6/c21-15-5-3-14(4-6-15)19-17(12-24-27-19)18-9-10-23-20(26-18)25-16-7-1-13(11-22)2-8-16/h1-10,12H,(H,24,27)(H,23,25,26). The summed E-state index contributed by atoms with van der Waals surface area (Å²) in [6.45, 7) is 0. The second kappa shape index (κ2) is 7.28. The van der Waals surface area contributed by atoms with E-state index >= 15 is 0 Å². The second-order valence-electron chi connectivity index (χ2n) is 5.73. The lowest BCUT2D eigenvalue weighted by atomic mass is 10.1. The second-order valence-corrected chi connectivity index (χ2v) is 6.17. The Bertz CT molecular complexity index is 1110. The molecule has 0 amide bonds. The van der Waals surface area contributed by atoms with Crippen LogP contribution in [0.5, 0.6) is 0 Å². The molecule has 0 fully saturated rings. The van der Waals surface area contributed by atoms with Crippen molar-refractivity contribution in [2.24, 2.45) is 0 Å². The van der Waals surface area contributed by atoms with Crippen LogP contribution in [0.4, 0.5) is 11.6 Å². The highest BCUT2D eigenvalue weighted by molar-refractivity contribution is 6.30. The summed E-state index contributed by atoms with van der Waals surface area (Å²) in [6, 6.07) is 18.5. The normalized spacial score (nSPS) is 10.4. The van der Waals surface area contributed by atoms with Gasteiger partial charge < -0.3 is 5.32 Å². The van der Waals surface area contributed by atoms with Crippen LogP contribution in [0, 0.1) is 11.3 Å². The van der Waals surface area contributed by atoms with Crippen LogP contribution in [0.2, 0.25) is 5.02 Å². The number of nitrogens with one attached hydrogen (secondary N) is 2. The van der Waals surface area contributed by atoms with Crippen molar-refractivity contribution < 1.29 is 0 Å². The molecule has 0 aliphatic carbocycles.